The molecule has 28 heavy (non-hydrogen) atoms. The van der Waals surface area contributed by atoms with Crippen molar-refractivity contribution in [3.63, 3.8) is 0 Å². The molecule has 0 atom stereocenters. The van der Waals surface area contributed by atoms with Crippen LogP contribution in [0.2, 0.25) is 10.0 Å². The highest BCUT2D eigenvalue weighted by Crippen LogP contribution is 2.27. The Labute approximate surface area is 173 Å². The van der Waals surface area contributed by atoms with Gasteiger partial charge in [-0.25, -0.2) is 0 Å². The van der Waals surface area contributed by atoms with E-state index in [9.17, 15) is 9.59 Å². The van der Waals surface area contributed by atoms with E-state index in [1.807, 2.05) is 60.7 Å². The third kappa shape index (κ3) is 5.12. The molecule has 2 amide bonds. The van der Waals surface area contributed by atoms with Crippen LogP contribution in [0.3, 0.4) is 0 Å². The topological polar surface area (TPSA) is 58.2 Å². The minimum absolute atomic E-state index is 0.131. The van der Waals surface area contributed by atoms with E-state index in [-0.39, 0.29) is 28.8 Å². The van der Waals surface area contributed by atoms with Crippen molar-refractivity contribution < 1.29 is 9.59 Å². The van der Waals surface area contributed by atoms with Gasteiger partial charge >= 0.3 is 0 Å². The van der Waals surface area contributed by atoms with Crippen LogP contribution >= 0.6 is 23.2 Å². The van der Waals surface area contributed by atoms with Crippen molar-refractivity contribution in [3.8, 4) is 0 Å². The lowest BCUT2D eigenvalue weighted by atomic mass is 9.88. The summed E-state index contributed by atoms with van der Waals surface area (Å²) in [6, 6.07) is 24.1. The fourth-order valence-corrected chi connectivity index (χ4v) is 3.28. The van der Waals surface area contributed by atoms with Crippen molar-refractivity contribution in [2.75, 3.05) is 0 Å². The number of amides is 2. The molecule has 0 radical (unpaired) electrons. The lowest BCUT2D eigenvalue weighted by Crippen LogP contribution is -2.42. The summed E-state index contributed by atoms with van der Waals surface area (Å²) in [5.41, 5.74) is 7.09. The summed E-state index contributed by atoms with van der Waals surface area (Å²) < 4.78 is 0. The van der Waals surface area contributed by atoms with Gasteiger partial charge in [0.1, 0.15) is 0 Å². The first-order valence-corrected chi connectivity index (χ1v) is 9.44. The highest BCUT2D eigenvalue weighted by molar-refractivity contribution is 6.35. The van der Waals surface area contributed by atoms with E-state index in [0.29, 0.717) is 5.02 Å². The van der Waals surface area contributed by atoms with Crippen molar-refractivity contribution in [1.82, 2.24) is 10.9 Å². The smallest absolute Gasteiger partial charge is 0.271 e. The van der Waals surface area contributed by atoms with E-state index in [0.717, 1.165) is 11.1 Å². The van der Waals surface area contributed by atoms with E-state index >= 15 is 0 Å². The Morgan fingerprint density at radius 2 is 1.36 bits per heavy atom. The number of carbonyl (C=O) groups excluding carboxylic acids is 2. The van der Waals surface area contributed by atoms with Crippen molar-refractivity contribution >= 4 is 35.0 Å². The van der Waals surface area contributed by atoms with Crippen LogP contribution in [0.5, 0.6) is 0 Å². The molecule has 3 aromatic rings. The van der Waals surface area contributed by atoms with Crippen LogP contribution in [0.25, 0.3) is 0 Å². The number of hydrogen-bond donors (Lipinski definition) is 2. The zero-order chi connectivity index (χ0) is 19.9. The normalized spacial score (nSPS) is 10.5. The molecule has 0 aliphatic heterocycles. The van der Waals surface area contributed by atoms with Crippen LogP contribution in [-0.2, 0) is 4.79 Å². The second-order valence-corrected chi connectivity index (χ2v) is 7.05. The monoisotopic (exact) mass is 412 g/mol. The highest BCUT2D eigenvalue weighted by Gasteiger charge is 2.19. The van der Waals surface area contributed by atoms with Gasteiger partial charge in [0.2, 0.25) is 5.91 Å². The Morgan fingerprint density at radius 3 is 1.93 bits per heavy atom. The zero-order valence-corrected chi connectivity index (χ0v) is 16.4. The minimum atomic E-state index is -0.531. The predicted molar refractivity (Wildman–Crippen MR) is 111 cm³/mol. The Balaban J connectivity index is 1.69. The predicted octanol–water partition coefficient (Wildman–Crippen LogP) is 4.98. The zero-order valence-electron chi connectivity index (χ0n) is 14.9. The number of benzene rings is 3. The molecule has 0 fully saturated rings. The fraction of sp³-hybridized carbons (Fsp3) is 0.0909. The number of halogens is 2. The van der Waals surface area contributed by atoms with Gasteiger partial charge in [0, 0.05) is 17.4 Å². The van der Waals surface area contributed by atoms with Crippen LogP contribution < -0.4 is 10.9 Å². The van der Waals surface area contributed by atoms with Crippen LogP contribution in [-0.4, -0.2) is 11.8 Å². The number of rotatable bonds is 5. The third-order valence-electron chi connectivity index (χ3n) is 4.28. The maximum Gasteiger partial charge on any atom is 0.271 e. The minimum Gasteiger partial charge on any atom is -0.273 e. The standard InChI is InChI=1S/C22H18Cl2N2O2/c23-17-11-12-20(24)19(13-17)22(28)26-25-21(27)14-18(15-7-3-1-4-8-15)16-9-5-2-6-10-16/h1-13,18H,14H2,(H,25,27)(H,26,28). The molecule has 0 saturated carbocycles. The summed E-state index contributed by atoms with van der Waals surface area (Å²) in [6.07, 6.45) is 0.178. The molecule has 4 nitrogen and oxygen atoms in total. The molecule has 2 N–H and O–H groups in total. The molecular formula is C22H18Cl2N2O2. The Bertz CT molecular complexity index is 923. The van der Waals surface area contributed by atoms with Gasteiger partial charge in [-0.2, -0.15) is 0 Å². The third-order valence-corrected chi connectivity index (χ3v) is 4.85. The molecule has 0 aliphatic rings. The SMILES string of the molecule is O=C(CC(c1ccccc1)c1ccccc1)NNC(=O)c1cc(Cl)ccc1Cl. The lowest BCUT2D eigenvalue weighted by Gasteiger charge is -2.18. The fourth-order valence-electron chi connectivity index (χ4n) is 2.90. The summed E-state index contributed by atoms with van der Waals surface area (Å²) in [7, 11) is 0. The summed E-state index contributed by atoms with van der Waals surface area (Å²) in [5.74, 6) is -0.977. The van der Waals surface area contributed by atoms with Gasteiger partial charge in [-0.05, 0) is 29.3 Å². The van der Waals surface area contributed by atoms with Gasteiger partial charge in [-0.15, -0.1) is 0 Å². The second kappa shape index (κ2) is 9.40. The quantitative estimate of drug-likeness (QED) is 0.580. The van der Waals surface area contributed by atoms with Gasteiger partial charge in [-0.1, -0.05) is 83.9 Å². The Morgan fingerprint density at radius 1 is 0.786 bits per heavy atom. The average Bonchev–Trinajstić information content (AvgIpc) is 2.73. The van der Waals surface area contributed by atoms with E-state index in [1.54, 1.807) is 6.07 Å². The molecule has 6 heteroatoms. The molecule has 0 bridgehead atoms. The number of carbonyl (C=O) groups is 2. The van der Waals surface area contributed by atoms with E-state index in [1.165, 1.54) is 12.1 Å². The summed E-state index contributed by atoms with van der Waals surface area (Å²) >= 11 is 11.9. The molecule has 3 rings (SSSR count). The van der Waals surface area contributed by atoms with Crippen LogP contribution in [0.1, 0.15) is 33.8 Å². The number of hydrazine groups is 1. The van der Waals surface area contributed by atoms with Crippen LogP contribution in [0, 0.1) is 0 Å². The van der Waals surface area contributed by atoms with Gasteiger partial charge in [0.05, 0.1) is 10.6 Å². The molecule has 0 saturated heterocycles. The first-order chi connectivity index (χ1) is 13.5. The van der Waals surface area contributed by atoms with Gasteiger partial charge in [-0.3, -0.25) is 20.4 Å². The molecule has 0 aromatic heterocycles. The highest BCUT2D eigenvalue weighted by atomic mass is 35.5. The first kappa shape index (κ1) is 19.9. The van der Waals surface area contributed by atoms with Gasteiger partial charge < -0.3 is 0 Å². The van der Waals surface area contributed by atoms with Crippen LogP contribution in [0.4, 0.5) is 0 Å². The van der Waals surface area contributed by atoms with E-state index in [2.05, 4.69) is 10.9 Å². The number of nitrogens with one attached hydrogen (secondary N) is 2. The molecule has 0 unspecified atom stereocenters. The van der Waals surface area contributed by atoms with Crippen molar-refractivity contribution in [3.05, 3.63) is 106 Å². The van der Waals surface area contributed by atoms with Crippen molar-refractivity contribution in [2.45, 2.75) is 12.3 Å². The summed E-state index contributed by atoms with van der Waals surface area (Å²) in [6.45, 7) is 0. The van der Waals surface area contributed by atoms with Gasteiger partial charge in [0.15, 0.2) is 0 Å². The maximum absolute atomic E-state index is 12.5. The molecule has 0 aliphatic carbocycles. The molecule has 0 spiro atoms. The first-order valence-electron chi connectivity index (χ1n) is 8.68. The molecule has 142 valence electrons. The Kier molecular flexibility index (Phi) is 6.69. The average molecular weight is 413 g/mol. The molecule has 3 aromatic carbocycles. The van der Waals surface area contributed by atoms with Gasteiger partial charge in [0.25, 0.3) is 5.91 Å². The Hall–Kier alpha value is -2.82. The van der Waals surface area contributed by atoms with E-state index in [4.69, 9.17) is 23.2 Å². The van der Waals surface area contributed by atoms with Crippen molar-refractivity contribution in [1.29, 1.82) is 0 Å². The number of hydrogen-bond acceptors (Lipinski definition) is 2. The van der Waals surface area contributed by atoms with E-state index < -0.39 is 5.91 Å². The second-order valence-electron chi connectivity index (χ2n) is 6.20. The van der Waals surface area contributed by atoms with Crippen LogP contribution in [0.15, 0.2) is 78.9 Å². The largest absolute Gasteiger partial charge is 0.273 e. The molecule has 0 heterocycles. The summed E-state index contributed by atoms with van der Waals surface area (Å²) in [4.78, 5) is 24.8. The molecular weight excluding hydrogens is 395 g/mol. The lowest BCUT2D eigenvalue weighted by molar-refractivity contribution is -0.122. The maximum atomic E-state index is 12.5. The summed E-state index contributed by atoms with van der Waals surface area (Å²) in [5, 5.41) is 0.636. The van der Waals surface area contributed by atoms with Crippen molar-refractivity contribution in [2.24, 2.45) is 0 Å².